The summed E-state index contributed by atoms with van der Waals surface area (Å²) < 4.78 is 0. The minimum absolute atomic E-state index is 0.438. The van der Waals surface area contributed by atoms with Gasteiger partial charge < -0.3 is 5.73 Å². The van der Waals surface area contributed by atoms with Crippen molar-refractivity contribution in [3.05, 3.63) is 35.4 Å². The molecule has 0 radical (unpaired) electrons. The van der Waals surface area contributed by atoms with Gasteiger partial charge in [0, 0.05) is 11.3 Å². The summed E-state index contributed by atoms with van der Waals surface area (Å²) in [5, 5.41) is 0. The van der Waals surface area contributed by atoms with E-state index in [9.17, 15) is 0 Å². The van der Waals surface area contributed by atoms with Gasteiger partial charge in [0.1, 0.15) is 4.99 Å². The number of nitrogens with two attached hydrogens (primary N) is 1. The minimum Gasteiger partial charge on any atom is -0.389 e. The van der Waals surface area contributed by atoms with Crippen molar-refractivity contribution in [2.24, 2.45) is 5.73 Å². The van der Waals surface area contributed by atoms with Gasteiger partial charge in [-0.1, -0.05) is 42.4 Å². The molecule has 0 saturated heterocycles. The molecule has 1 nitrogen and oxygen atoms in total. The molecule has 0 unspecified atom stereocenters. The number of terminal acetylenes is 1. The zero-order valence-corrected chi connectivity index (χ0v) is 9.33. The van der Waals surface area contributed by atoms with Crippen LogP contribution in [0.25, 0.3) is 0 Å². The van der Waals surface area contributed by atoms with Crippen molar-refractivity contribution in [3.63, 3.8) is 0 Å². The van der Waals surface area contributed by atoms with Crippen molar-refractivity contribution in [2.75, 3.05) is 5.75 Å². The lowest BCUT2D eigenvalue weighted by Crippen LogP contribution is -2.08. The standard InChI is InChI=1S/C11H11NS2/c1-2-7-14-8-9-3-5-10(6-4-9)11(12)13/h1,3-6H,7-8H2,(H2,12,13). The van der Waals surface area contributed by atoms with Crippen LogP contribution >= 0.6 is 24.0 Å². The van der Waals surface area contributed by atoms with Crippen LogP contribution in [-0.4, -0.2) is 10.7 Å². The fraction of sp³-hybridized carbons (Fsp3) is 0.182. The van der Waals surface area contributed by atoms with Gasteiger partial charge in [0.25, 0.3) is 0 Å². The first-order valence-corrected chi connectivity index (χ1v) is 5.70. The first kappa shape index (κ1) is 11.1. The SMILES string of the molecule is C#CCSCc1ccc(C(N)=S)cc1. The van der Waals surface area contributed by atoms with Crippen LogP contribution in [0, 0.1) is 12.3 Å². The quantitative estimate of drug-likeness (QED) is 0.479. The zero-order valence-electron chi connectivity index (χ0n) is 7.69. The van der Waals surface area contributed by atoms with Gasteiger partial charge in [0.05, 0.1) is 5.75 Å². The van der Waals surface area contributed by atoms with Crippen LogP contribution in [-0.2, 0) is 5.75 Å². The van der Waals surface area contributed by atoms with Crippen molar-refractivity contribution in [2.45, 2.75) is 5.75 Å². The highest BCUT2D eigenvalue weighted by atomic mass is 32.2. The second-order valence-electron chi connectivity index (χ2n) is 2.76. The van der Waals surface area contributed by atoms with Gasteiger partial charge in [-0.15, -0.1) is 18.2 Å². The monoisotopic (exact) mass is 221 g/mol. The molecule has 2 N–H and O–H groups in total. The third-order valence-electron chi connectivity index (χ3n) is 1.69. The van der Waals surface area contributed by atoms with Crippen molar-refractivity contribution >= 4 is 29.0 Å². The molecule has 14 heavy (non-hydrogen) atoms. The number of hydrogen-bond donors (Lipinski definition) is 1. The molecule has 0 amide bonds. The molecule has 0 aliphatic heterocycles. The summed E-state index contributed by atoms with van der Waals surface area (Å²) in [6.45, 7) is 0. The Balaban J connectivity index is 2.56. The lowest BCUT2D eigenvalue weighted by molar-refractivity contribution is 1.41. The first-order chi connectivity index (χ1) is 6.74. The van der Waals surface area contributed by atoms with Crippen LogP contribution in [0.15, 0.2) is 24.3 Å². The van der Waals surface area contributed by atoms with E-state index >= 15 is 0 Å². The number of benzene rings is 1. The molecule has 1 aromatic carbocycles. The molecular weight excluding hydrogens is 210 g/mol. The summed E-state index contributed by atoms with van der Waals surface area (Å²) in [7, 11) is 0. The Hall–Kier alpha value is -0.980. The molecule has 0 spiro atoms. The average molecular weight is 221 g/mol. The maximum absolute atomic E-state index is 5.49. The van der Waals surface area contributed by atoms with E-state index in [1.165, 1.54) is 5.56 Å². The van der Waals surface area contributed by atoms with Crippen LogP contribution in [0.5, 0.6) is 0 Å². The van der Waals surface area contributed by atoms with E-state index < -0.39 is 0 Å². The highest BCUT2D eigenvalue weighted by molar-refractivity contribution is 7.98. The van der Waals surface area contributed by atoms with Crippen LogP contribution in [0.1, 0.15) is 11.1 Å². The Morgan fingerprint density at radius 1 is 1.43 bits per heavy atom. The summed E-state index contributed by atoms with van der Waals surface area (Å²) in [5.41, 5.74) is 7.63. The third-order valence-corrected chi connectivity index (χ3v) is 2.84. The predicted octanol–water partition coefficient (Wildman–Crippen LogP) is 2.19. The highest BCUT2D eigenvalue weighted by Gasteiger charge is 1.96. The van der Waals surface area contributed by atoms with Gasteiger partial charge in [-0.3, -0.25) is 0 Å². The van der Waals surface area contributed by atoms with Crippen molar-refractivity contribution in [1.82, 2.24) is 0 Å². The van der Waals surface area contributed by atoms with Crippen molar-refractivity contribution in [1.29, 1.82) is 0 Å². The molecule has 0 heterocycles. The summed E-state index contributed by atoms with van der Waals surface area (Å²) in [6, 6.07) is 7.93. The molecule has 0 atom stereocenters. The van der Waals surface area contributed by atoms with Crippen LogP contribution in [0.2, 0.25) is 0 Å². The Morgan fingerprint density at radius 2 is 2.07 bits per heavy atom. The molecule has 1 aromatic rings. The Morgan fingerprint density at radius 3 is 2.57 bits per heavy atom. The van der Waals surface area contributed by atoms with Gasteiger partial charge in [0.15, 0.2) is 0 Å². The maximum Gasteiger partial charge on any atom is 0.103 e. The maximum atomic E-state index is 5.49. The van der Waals surface area contributed by atoms with E-state index in [1.807, 2.05) is 24.3 Å². The van der Waals surface area contributed by atoms with Crippen molar-refractivity contribution < 1.29 is 0 Å². The topological polar surface area (TPSA) is 26.0 Å². The van der Waals surface area contributed by atoms with E-state index in [4.69, 9.17) is 24.4 Å². The van der Waals surface area contributed by atoms with E-state index in [1.54, 1.807) is 11.8 Å². The number of hydrogen-bond acceptors (Lipinski definition) is 2. The van der Waals surface area contributed by atoms with Gasteiger partial charge >= 0.3 is 0 Å². The van der Waals surface area contributed by atoms with Crippen LogP contribution in [0.3, 0.4) is 0 Å². The Bertz CT molecular complexity index is 349. The van der Waals surface area contributed by atoms with E-state index in [0.29, 0.717) is 4.99 Å². The predicted molar refractivity (Wildman–Crippen MR) is 67.3 cm³/mol. The highest BCUT2D eigenvalue weighted by Crippen LogP contribution is 2.12. The fourth-order valence-electron chi connectivity index (χ4n) is 0.993. The smallest absolute Gasteiger partial charge is 0.103 e. The summed E-state index contributed by atoms with van der Waals surface area (Å²) >= 11 is 6.58. The molecule has 3 heteroatoms. The van der Waals surface area contributed by atoms with E-state index in [-0.39, 0.29) is 0 Å². The van der Waals surface area contributed by atoms with Crippen LogP contribution < -0.4 is 5.73 Å². The molecule has 0 aliphatic carbocycles. The number of rotatable bonds is 4. The third kappa shape index (κ3) is 3.41. The molecule has 0 fully saturated rings. The zero-order chi connectivity index (χ0) is 10.4. The normalized spacial score (nSPS) is 9.36. The van der Waals surface area contributed by atoms with E-state index in [0.717, 1.165) is 17.1 Å². The lowest BCUT2D eigenvalue weighted by Gasteiger charge is -2.01. The largest absolute Gasteiger partial charge is 0.389 e. The summed E-state index contributed by atoms with van der Waals surface area (Å²) in [4.78, 5) is 0.438. The molecule has 0 bridgehead atoms. The minimum atomic E-state index is 0.438. The Kier molecular flexibility index (Phi) is 4.51. The Labute approximate surface area is 94.1 Å². The van der Waals surface area contributed by atoms with Gasteiger partial charge in [-0.05, 0) is 5.56 Å². The first-order valence-electron chi connectivity index (χ1n) is 4.14. The van der Waals surface area contributed by atoms with Gasteiger partial charge in [-0.25, -0.2) is 0 Å². The van der Waals surface area contributed by atoms with Crippen molar-refractivity contribution in [3.8, 4) is 12.3 Å². The fourth-order valence-corrected chi connectivity index (χ4v) is 1.78. The molecule has 0 saturated carbocycles. The molecule has 1 rings (SSSR count). The average Bonchev–Trinajstić information content (AvgIpc) is 2.19. The summed E-state index contributed by atoms with van der Waals surface area (Å²) in [6.07, 6.45) is 5.15. The molecule has 72 valence electrons. The number of thiocarbonyl (C=S) groups is 1. The second kappa shape index (κ2) is 5.69. The molecular formula is C11H11NS2. The van der Waals surface area contributed by atoms with Crippen LogP contribution in [0.4, 0.5) is 0 Å². The van der Waals surface area contributed by atoms with E-state index in [2.05, 4.69) is 5.92 Å². The van der Waals surface area contributed by atoms with Gasteiger partial charge in [-0.2, -0.15) is 0 Å². The second-order valence-corrected chi connectivity index (χ2v) is 4.18. The lowest BCUT2D eigenvalue weighted by atomic mass is 10.1. The molecule has 0 aliphatic rings. The van der Waals surface area contributed by atoms with Gasteiger partial charge in [0.2, 0.25) is 0 Å². The molecule has 0 aromatic heterocycles. The summed E-state index contributed by atoms with van der Waals surface area (Å²) in [5.74, 6) is 4.27. The number of thioether (sulfide) groups is 1.